The van der Waals surface area contributed by atoms with Crippen LogP contribution in [0.3, 0.4) is 0 Å². The van der Waals surface area contributed by atoms with Crippen molar-refractivity contribution in [3.63, 3.8) is 0 Å². The summed E-state index contributed by atoms with van der Waals surface area (Å²) in [6, 6.07) is 6.03. The van der Waals surface area contributed by atoms with Crippen molar-refractivity contribution >= 4 is 17.9 Å². The Morgan fingerprint density at radius 3 is 2.63 bits per heavy atom. The van der Waals surface area contributed by atoms with Crippen LogP contribution in [0.5, 0.6) is 0 Å². The number of ether oxygens (including phenoxy) is 2. The first kappa shape index (κ1) is 22.6. The maximum Gasteiger partial charge on any atom is 0.407 e. The molecule has 1 saturated heterocycles. The molecule has 1 aromatic rings. The zero-order chi connectivity index (χ0) is 22.4. The minimum absolute atomic E-state index is 0.278. The Hall–Kier alpha value is -2.09. The fourth-order valence-electron chi connectivity index (χ4n) is 4.13. The number of nitrogens with one attached hydrogen (secondary N) is 3. The molecule has 0 unspecified atom stereocenters. The largest absolute Gasteiger partial charge is 0.444 e. The van der Waals surface area contributed by atoms with Crippen molar-refractivity contribution in [3.05, 3.63) is 35.4 Å². The summed E-state index contributed by atoms with van der Waals surface area (Å²) in [6.07, 6.45) is 3.62. The maximum atomic E-state index is 12.1. The van der Waals surface area contributed by atoms with Gasteiger partial charge < -0.3 is 25.2 Å². The monoisotopic (exact) mass is 417 g/mol. The summed E-state index contributed by atoms with van der Waals surface area (Å²) < 4.78 is 11.6. The molecule has 166 valence electrons. The SMILES string of the molecule is CC(C)(O)/C=C/c1cccc2c1[C@]1(CCNC(=O)OC(C)(C)C)NC(C)(C)O[C@@H]1N2. The van der Waals surface area contributed by atoms with E-state index in [0.29, 0.717) is 13.0 Å². The van der Waals surface area contributed by atoms with Crippen LogP contribution in [-0.4, -0.2) is 40.9 Å². The molecule has 4 N–H and O–H groups in total. The predicted molar refractivity (Wildman–Crippen MR) is 118 cm³/mol. The summed E-state index contributed by atoms with van der Waals surface area (Å²) >= 11 is 0. The van der Waals surface area contributed by atoms with Crippen LogP contribution in [0.25, 0.3) is 6.08 Å². The van der Waals surface area contributed by atoms with Crippen molar-refractivity contribution in [1.29, 1.82) is 0 Å². The van der Waals surface area contributed by atoms with Gasteiger partial charge in [0.15, 0.2) is 6.23 Å². The quantitative estimate of drug-likeness (QED) is 0.584. The topological polar surface area (TPSA) is 91.9 Å². The summed E-state index contributed by atoms with van der Waals surface area (Å²) in [5, 5.41) is 20.1. The second-order valence-corrected chi connectivity index (χ2v) is 10.2. The number of benzene rings is 1. The molecular formula is C23H35N3O4. The highest BCUT2D eigenvalue weighted by atomic mass is 16.6. The van der Waals surface area contributed by atoms with Gasteiger partial charge in [0.25, 0.3) is 0 Å². The van der Waals surface area contributed by atoms with E-state index in [1.807, 2.05) is 58.9 Å². The van der Waals surface area contributed by atoms with Crippen LogP contribution in [0.4, 0.5) is 10.5 Å². The van der Waals surface area contributed by atoms with Crippen molar-refractivity contribution in [2.75, 3.05) is 11.9 Å². The van der Waals surface area contributed by atoms with Crippen LogP contribution in [0.15, 0.2) is 24.3 Å². The average molecular weight is 418 g/mol. The fourth-order valence-corrected chi connectivity index (χ4v) is 4.13. The molecular weight excluding hydrogens is 382 g/mol. The number of alkyl carbamates (subject to hydrolysis) is 1. The second kappa shape index (κ2) is 7.55. The number of carbonyl (C=O) groups is 1. The van der Waals surface area contributed by atoms with E-state index in [9.17, 15) is 9.90 Å². The van der Waals surface area contributed by atoms with Crippen molar-refractivity contribution in [2.24, 2.45) is 0 Å². The Morgan fingerprint density at radius 2 is 2.00 bits per heavy atom. The molecule has 2 heterocycles. The lowest BCUT2D eigenvalue weighted by Crippen LogP contribution is -2.50. The molecule has 0 aromatic heterocycles. The first-order valence-corrected chi connectivity index (χ1v) is 10.5. The highest BCUT2D eigenvalue weighted by molar-refractivity contribution is 5.72. The van der Waals surface area contributed by atoms with Crippen molar-refractivity contribution in [1.82, 2.24) is 10.6 Å². The third-order valence-electron chi connectivity index (χ3n) is 5.07. The van der Waals surface area contributed by atoms with Crippen LogP contribution in [-0.2, 0) is 15.0 Å². The normalized spacial score (nSPS) is 25.0. The molecule has 0 aliphatic carbocycles. The summed E-state index contributed by atoms with van der Waals surface area (Å²) in [5.74, 6) is 0. The van der Waals surface area contributed by atoms with E-state index >= 15 is 0 Å². The lowest BCUT2D eigenvalue weighted by molar-refractivity contribution is -0.0153. The Labute approximate surface area is 179 Å². The first-order chi connectivity index (χ1) is 13.7. The standard InChI is InChI=1S/C23H35N3O4/c1-20(2,3)30-19(27)24-14-13-23-17-15(11-12-21(4,5)28)9-8-10-16(17)25-18(23)29-22(6,7)26-23/h8-12,18,25-26,28H,13-14H2,1-7H3,(H,24,27)/b12-11+/t18-,23-/m0/s1. The maximum absolute atomic E-state index is 12.1. The van der Waals surface area contributed by atoms with E-state index in [4.69, 9.17) is 9.47 Å². The Bertz CT molecular complexity index is 836. The van der Waals surface area contributed by atoms with Crippen molar-refractivity contribution < 1.29 is 19.4 Å². The molecule has 0 spiro atoms. The van der Waals surface area contributed by atoms with E-state index in [0.717, 1.165) is 16.8 Å². The minimum atomic E-state index is -0.918. The molecule has 1 amide bonds. The molecule has 1 aromatic carbocycles. The van der Waals surface area contributed by atoms with Crippen molar-refractivity contribution in [3.8, 4) is 0 Å². The van der Waals surface area contributed by atoms with Gasteiger partial charge in [-0.2, -0.15) is 0 Å². The van der Waals surface area contributed by atoms with Crippen LogP contribution >= 0.6 is 0 Å². The van der Waals surface area contributed by atoms with Gasteiger partial charge in [-0.3, -0.25) is 5.32 Å². The van der Waals surface area contributed by atoms with Gasteiger partial charge in [0.2, 0.25) is 0 Å². The van der Waals surface area contributed by atoms with Gasteiger partial charge in [0, 0.05) is 17.8 Å². The number of rotatable bonds is 5. The number of anilines is 1. The van der Waals surface area contributed by atoms with Crippen molar-refractivity contribution in [2.45, 2.75) is 83.6 Å². The van der Waals surface area contributed by atoms with Crippen LogP contribution in [0.1, 0.15) is 66.0 Å². The van der Waals surface area contributed by atoms with Crippen LogP contribution in [0.2, 0.25) is 0 Å². The van der Waals surface area contributed by atoms with Crippen LogP contribution < -0.4 is 16.0 Å². The summed E-state index contributed by atoms with van der Waals surface area (Å²) in [4.78, 5) is 12.1. The summed E-state index contributed by atoms with van der Waals surface area (Å²) in [6.45, 7) is 13.4. The number of carbonyl (C=O) groups excluding carboxylic acids is 1. The fraction of sp³-hybridized carbons (Fsp3) is 0.609. The molecule has 3 rings (SSSR count). The summed E-state index contributed by atoms with van der Waals surface area (Å²) in [5.41, 5.74) is 0.528. The lowest BCUT2D eigenvalue weighted by Gasteiger charge is -2.31. The van der Waals surface area contributed by atoms with E-state index in [1.165, 1.54) is 0 Å². The number of amides is 1. The molecule has 7 nitrogen and oxygen atoms in total. The van der Waals surface area contributed by atoms with E-state index < -0.39 is 28.6 Å². The average Bonchev–Trinajstić information content (AvgIpc) is 2.97. The third-order valence-corrected chi connectivity index (χ3v) is 5.07. The molecule has 7 heteroatoms. The number of aliphatic hydroxyl groups is 1. The molecule has 2 aliphatic heterocycles. The first-order valence-electron chi connectivity index (χ1n) is 10.5. The van der Waals surface area contributed by atoms with Gasteiger partial charge in [-0.25, -0.2) is 4.79 Å². The zero-order valence-corrected chi connectivity index (χ0v) is 19.1. The second-order valence-electron chi connectivity index (χ2n) is 10.2. The molecule has 0 radical (unpaired) electrons. The molecule has 0 bridgehead atoms. The van der Waals surface area contributed by atoms with E-state index in [1.54, 1.807) is 19.9 Å². The van der Waals surface area contributed by atoms with Gasteiger partial charge in [-0.1, -0.05) is 24.3 Å². The predicted octanol–water partition coefficient (Wildman–Crippen LogP) is 3.69. The van der Waals surface area contributed by atoms with Gasteiger partial charge in [-0.15, -0.1) is 0 Å². The van der Waals surface area contributed by atoms with Gasteiger partial charge in [-0.05, 0) is 66.5 Å². The minimum Gasteiger partial charge on any atom is -0.444 e. The van der Waals surface area contributed by atoms with Gasteiger partial charge in [0.1, 0.15) is 11.3 Å². The molecule has 0 saturated carbocycles. The number of fused-ring (bicyclic) bond motifs is 3. The summed E-state index contributed by atoms with van der Waals surface area (Å²) in [7, 11) is 0. The highest BCUT2D eigenvalue weighted by Crippen LogP contribution is 2.49. The lowest BCUT2D eigenvalue weighted by atomic mass is 9.83. The molecule has 2 atom stereocenters. The van der Waals surface area contributed by atoms with Crippen LogP contribution in [0, 0.1) is 0 Å². The zero-order valence-electron chi connectivity index (χ0n) is 19.1. The third kappa shape index (κ3) is 4.96. The van der Waals surface area contributed by atoms with Gasteiger partial charge in [0.05, 0.1) is 11.1 Å². The Kier molecular flexibility index (Phi) is 5.69. The Morgan fingerprint density at radius 1 is 1.30 bits per heavy atom. The molecule has 30 heavy (non-hydrogen) atoms. The Balaban J connectivity index is 1.90. The molecule has 2 aliphatic rings. The van der Waals surface area contributed by atoms with Gasteiger partial charge >= 0.3 is 6.09 Å². The van der Waals surface area contributed by atoms with E-state index in [-0.39, 0.29) is 6.23 Å². The highest BCUT2D eigenvalue weighted by Gasteiger charge is 2.57. The molecule has 1 fully saturated rings. The number of hydrogen-bond donors (Lipinski definition) is 4. The van der Waals surface area contributed by atoms with E-state index in [2.05, 4.69) is 16.0 Å². The smallest absolute Gasteiger partial charge is 0.407 e. The number of hydrogen-bond acceptors (Lipinski definition) is 6.